The van der Waals surface area contributed by atoms with E-state index >= 15 is 0 Å². The van der Waals surface area contributed by atoms with Crippen LogP contribution in [0.5, 0.6) is 0 Å². The molecule has 2 heterocycles. The summed E-state index contributed by atoms with van der Waals surface area (Å²) < 4.78 is 2.18. The lowest BCUT2D eigenvalue weighted by Crippen LogP contribution is -2.49. The molecule has 132 valence electrons. The summed E-state index contributed by atoms with van der Waals surface area (Å²) in [6.45, 7) is 7.18. The summed E-state index contributed by atoms with van der Waals surface area (Å²) in [5, 5.41) is 6.32. The fraction of sp³-hybridized carbons (Fsp3) is 0.706. The minimum absolute atomic E-state index is 0.0180. The zero-order valence-electron chi connectivity index (χ0n) is 14.6. The summed E-state index contributed by atoms with van der Waals surface area (Å²) in [6, 6.07) is 0.766. The van der Waals surface area contributed by atoms with Crippen LogP contribution in [0.15, 0.2) is 23.7 Å². The third-order valence-corrected chi connectivity index (χ3v) is 4.78. The van der Waals surface area contributed by atoms with Crippen LogP contribution in [-0.2, 0) is 4.79 Å². The van der Waals surface area contributed by atoms with Gasteiger partial charge in [-0.2, -0.15) is 0 Å². The van der Waals surface area contributed by atoms with E-state index in [4.69, 9.17) is 0 Å². The fourth-order valence-corrected chi connectivity index (χ4v) is 3.17. The number of hydrogen-bond donors (Lipinski definition) is 2. The number of carbonyl (C=O) groups excluding carboxylic acids is 1. The Labute approximate surface area is 143 Å². The monoisotopic (exact) mass is 332 g/mol. The van der Waals surface area contributed by atoms with E-state index < -0.39 is 0 Å². The van der Waals surface area contributed by atoms with Crippen molar-refractivity contribution >= 4 is 11.9 Å². The molecule has 2 fully saturated rings. The highest BCUT2D eigenvalue weighted by Crippen LogP contribution is 2.27. The standard InChI is InChI=1S/C17H28N6O/c1-3-19-17(20-10-16(24)21-14-4-5-14)22-8-6-13(2)15(11-22)23-9-7-18-12-23/h7,9,12-15H,3-6,8,10-11H2,1-2H3,(H,19,20)(H,21,24). The number of aliphatic imine (C=N–C) groups is 1. The van der Waals surface area contributed by atoms with E-state index in [1.807, 2.05) is 18.7 Å². The maximum Gasteiger partial charge on any atom is 0.242 e. The van der Waals surface area contributed by atoms with Crippen molar-refractivity contribution in [3.8, 4) is 0 Å². The zero-order chi connectivity index (χ0) is 16.9. The second kappa shape index (κ2) is 7.68. The average molecular weight is 332 g/mol. The smallest absolute Gasteiger partial charge is 0.242 e. The van der Waals surface area contributed by atoms with Gasteiger partial charge in [-0.15, -0.1) is 0 Å². The molecular weight excluding hydrogens is 304 g/mol. The Kier molecular flexibility index (Phi) is 5.37. The normalized spacial score (nSPS) is 24.8. The van der Waals surface area contributed by atoms with E-state index in [0.29, 0.717) is 18.0 Å². The number of nitrogens with zero attached hydrogens (tertiary/aromatic N) is 4. The Morgan fingerprint density at radius 2 is 2.21 bits per heavy atom. The highest BCUT2D eigenvalue weighted by molar-refractivity contribution is 5.85. The van der Waals surface area contributed by atoms with Crippen molar-refractivity contribution in [2.75, 3.05) is 26.2 Å². The topological polar surface area (TPSA) is 74.6 Å². The van der Waals surface area contributed by atoms with Crippen molar-refractivity contribution in [1.29, 1.82) is 0 Å². The van der Waals surface area contributed by atoms with Gasteiger partial charge in [0.15, 0.2) is 5.96 Å². The van der Waals surface area contributed by atoms with Crippen LogP contribution in [0.1, 0.15) is 39.2 Å². The first-order chi connectivity index (χ1) is 11.7. The van der Waals surface area contributed by atoms with Gasteiger partial charge in [-0.25, -0.2) is 9.98 Å². The van der Waals surface area contributed by atoms with Crippen LogP contribution >= 0.6 is 0 Å². The van der Waals surface area contributed by atoms with E-state index in [2.05, 4.69) is 43.9 Å². The van der Waals surface area contributed by atoms with Crippen molar-refractivity contribution in [3.05, 3.63) is 18.7 Å². The molecule has 2 unspecified atom stereocenters. The maximum absolute atomic E-state index is 11.9. The first-order valence-electron chi connectivity index (χ1n) is 8.97. The molecule has 2 N–H and O–H groups in total. The second-order valence-corrected chi connectivity index (χ2v) is 6.80. The summed E-state index contributed by atoms with van der Waals surface area (Å²) in [5.41, 5.74) is 0. The number of hydrogen-bond acceptors (Lipinski definition) is 3. The predicted octanol–water partition coefficient (Wildman–Crippen LogP) is 1.01. The molecule has 1 aromatic rings. The van der Waals surface area contributed by atoms with Gasteiger partial charge in [0, 0.05) is 38.1 Å². The minimum atomic E-state index is 0.0180. The molecule has 0 radical (unpaired) electrons. The Morgan fingerprint density at radius 3 is 2.88 bits per heavy atom. The summed E-state index contributed by atoms with van der Waals surface area (Å²) in [4.78, 5) is 22.9. The van der Waals surface area contributed by atoms with Crippen molar-refractivity contribution in [1.82, 2.24) is 25.1 Å². The number of nitrogens with one attached hydrogen (secondary N) is 2. The molecule has 1 amide bonds. The predicted molar refractivity (Wildman–Crippen MR) is 93.8 cm³/mol. The van der Waals surface area contributed by atoms with Crippen molar-refractivity contribution < 1.29 is 4.79 Å². The lowest BCUT2D eigenvalue weighted by molar-refractivity contribution is -0.119. The molecule has 3 rings (SSSR count). The number of likely N-dealkylation sites (tertiary alicyclic amines) is 1. The molecule has 1 saturated carbocycles. The Bertz CT molecular complexity index is 566. The minimum Gasteiger partial charge on any atom is -0.357 e. The molecule has 1 aliphatic carbocycles. The van der Waals surface area contributed by atoms with E-state index in [1.165, 1.54) is 0 Å². The average Bonchev–Trinajstić information content (AvgIpc) is 3.22. The molecule has 0 spiro atoms. The Hall–Kier alpha value is -2.05. The van der Waals surface area contributed by atoms with Crippen molar-refractivity contribution in [2.24, 2.45) is 10.9 Å². The van der Waals surface area contributed by atoms with Crippen LogP contribution in [0.25, 0.3) is 0 Å². The Morgan fingerprint density at radius 1 is 1.38 bits per heavy atom. The molecule has 0 bridgehead atoms. The van der Waals surface area contributed by atoms with Gasteiger partial charge < -0.3 is 20.1 Å². The number of aromatic nitrogens is 2. The fourth-order valence-electron chi connectivity index (χ4n) is 3.17. The van der Waals surface area contributed by atoms with Crippen LogP contribution in [0.2, 0.25) is 0 Å². The number of amides is 1. The van der Waals surface area contributed by atoms with Gasteiger partial charge in [0.1, 0.15) is 6.54 Å². The molecule has 1 aliphatic heterocycles. The quantitative estimate of drug-likeness (QED) is 0.623. The van der Waals surface area contributed by atoms with E-state index in [-0.39, 0.29) is 12.5 Å². The number of rotatable bonds is 5. The SMILES string of the molecule is CCNC(=NCC(=O)NC1CC1)N1CCC(C)C(n2ccnc2)C1. The summed E-state index contributed by atoms with van der Waals surface area (Å²) in [5.74, 6) is 1.45. The summed E-state index contributed by atoms with van der Waals surface area (Å²) in [7, 11) is 0. The molecular formula is C17H28N6O. The zero-order valence-corrected chi connectivity index (χ0v) is 14.6. The number of imidazole rings is 1. The van der Waals surface area contributed by atoms with E-state index in [0.717, 1.165) is 44.9 Å². The molecule has 0 aromatic carbocycles. The lowest BCUT2D eigenvalue weighted by atomic mass is 9.93. The molecule has 1 aromatic heterocycles. The van der Waals surface area contributed by atoms with Gasteiger partial charge >= 0.3 is 0 Å². The van der Waals surface area contributed by atoms with E-state index in [1.54, 1.807) is 0 Å². The maximum atomic E-state index is 11.9. The van der Waals surface area contributed by atoms with Crippen molar-refractivity contribution in [2.45, 2.75) is 45.2 Å². The molecule has 2 aliphatic rings. The number of carbonyl (C=O) groups is 1. The van der Waals surface area contributed by atoms with Gasteiger partial charge in [-0.05, 0) is 32.1 Å². The van der Waals surface area contributed by atoms with Crippen LogP contribution in [0, 0.1) is 5.92 Å². The van der Waals surface area contributed by atoms with Gasteiger partial charge in [0.05, 0.1) is 12.4 Å². The van der Waals surface area contributed by atoms with Gasteiger partial charge in [-0.3, -0.25) is 4.79 Å². The summed E-state index contributed by atoms with van der Waals surface area (Å²) in [6.07, 6.45) is 9.04. The largest absolute Gasteiger partial charge is 0.357 e. The lowest BCUT2D eigenvalue weighted by Gasteiger charge is -2.39. The van der Waals surface area contributed by atoms with Gasteiger partial charge in [-0.1, -0.05) is 6.92 Å². The highest BCUT2D eigenvalue weighted by Gasteiger charge is 2.29. The number of guanidine groups is 1. The van der Waals surface area contributed by atoms with Crippen molar-refractivity contribution in [3.63, 3.8) is 0 Å². The van der Waals surface area contributed by atoms with Gasteiger partial charge in [0.25, 0.3) is 0 Å². The summed E-state index contributed by atoms with van der Waals surface area (Å²) >= 11 is 0. The first-order valence-corrected chi connectivity index (χ1v) is 8.97. The number of piperidine rings is 1. The third-order valence-electron chi connectivity index (χ3n) is 4.78. The van der Waals surface area contributed by atoms with Crippen LogP contribution in [0.3, 0.4) is 0 Å². The highest BCUT2D eigenvalue weighted by atomic mass is 16.2. The molecule has 1 saturated heterocycles. The first kappa shape index (κ1) is 16.8. The molecule has 7 heteroatoms. The van der Waals surface area contributed by atoms with Crippen LogP contribution in [0.4, 0.5) is 0 Å². The second-order valence-electron chi connectivity index (χ2n) is 6.80. The van der Waals surface area contributed by atoms with E-state index in [9.17, 15) is 4.79 Å². The Balaban J connectivity index is 1.64. The molecule has 2 atom stereocenters. The van der Waals surface area contributed by atoms with Crippen LogP contribution < -0.4 is 10.6 Å². The molecule has 24 heavy (non-hydrogen) atoms. The molecule has 7 nitrogen and oxygen atoms in total. The van der Waals surface area contributed by atoms with Gasteiger partial charge in [0.2, 0.25) is 5.91 Å². The third kappa shape index (κ3) is 4.27. The van der Waals surface area contributed by atoms with Crippen LogP contribution in [-0.4, -0.2) is 58.5 Å².